The second-order valence-corrected chi connectivity index (χ2v) is 5.07. The molecule has 2 nitrogen and oxygen atoms in total. The highest BCUT2D eigenvalue weighted by Crippen LogP contribution is 2.34. The Morgan fingerprint density at radius 1 is 1.29 bits per heavy atom. The molecule has 1 N–H and O–H groups in total. The molecule has 0 fully saturated rings. The van der Waals surface area contributed by atoms with E-state index in [2.05, 4.69) is 38.4 Å². The maximum atomic E-state index is 4.46. The molecule has 1 aromatic carbocycles. The van der Waals surface area contributed by atoms with Crippen molar-refractivity contribution in [2.75, 3.05) is 12.4 Å². The van der Waals surface area contributed by atoms with Gasteiger partial charge in [-0.15, -0.1) is 0 Å². The van der Waals surface area contributed by atoms with E-state index in [0.29, 0.717) is 0 Å². The van der Waals surface area contributed by atoms with Crippen LogP contribution in [-0.2, 0) is 0 Å². The van der Waals surface area contributed by atoms with Crippen LogP contribution in [0.1, 0.15) is 0 Å². The fraction of sp³-hybridized carbons (Fsp3) is 0.100. The number of nitrogens with zero attached hydrogens (tertiary/aromatic N) is 1. The number of halogens is 1. The molecule has 72 valence electrons. The number of thiazole rings is 1. The average molecular weight is 269 g/mol. The highest BCUT2D eigenvalue weighted by atomic mass is 79.9. The lowest BCUT2D eigenvalue weighted by Crippen LogP contribution is -1.85. The Morgan fingerprint density at radius 2 is 2.00 bits per heavy atom. The van der Waals surface area contributed by atoms with Gasteiger partial charge in [-0.3, -0.25) is 0 Å². The standard InChI is InChI=1S/C10H9BrN2S/c1-12-10-13-8(9(11)14-10)7-5-3-2-4-6-7/h2-6H,1H3,(H,12,13). The second kappa shape index (κ2) is 4.11. The van der Waals surface area contributed by atoms with Crippen LogP contribution in [0.2, 0.25) is 0 Å². The molecule has 0 aliphatic heterocycles. The molecular formula is C10H9BrN2S. The van der Waals surface area contributed by atoms with Crippen molar-refractivity contribution in [3.8, 4) is 11.3 Å². The summed E-state index contributed by atoms with van der Waals surface area (Å²) in [6, 6.07) is 10.1. The van der Waals surface area contributed by atoms with E-state index in [1.165, 1.54) is 0 Å². The molecule has 4 heteroatoms. The minimum absolute atomic E-state index is 0.927. The molecular weight excluding hydrogens is 260 g/mol. The minimum Gasteiger partial charge on any atom is -0.365 e. The zero-order chi connectivity index (χ0) is 9.97. The molecule has 1 aromatic heterocycles. The molecule has 0 radical (unpaired) electrons. The van der Waals surface area contributed by atoms with Gasteiger partial charge in [-0.25, -0.2) is 4.98 Å². The van der Waals surface area contributed by atoms with Gasteiger partial charge in [0.05, 0.1) is 9.48 Å². The van der Waals surface area contributed by atoms with Gasteiger partial charge >= 0.3 is 0 Å². The summed E-state index contributed by atoms with van der Waals surface area (Å²) in [5, 5.41) is 3.96. The third-order valence-corrected chi connectivity index (χ3v) is 3.57. The highest BCUT2D eigenvalue weighted by Gasteiger charge is 2.08. The first-order valence-corrected chi connectivity index (χ1v) is 5.81. The van der Waals surface area contributed by atoms with Crippen LogP contribution in [0, 0.1) is 0 Å². The summed E-state index contributed by atoms with van der Waals surface area (Å²) >= 11 is 5.11. The summed E-state index contributed by atoms with van der Waals surface area (Å²) < 4.78 is 1.06. The Kier molecular flexibility index (Phi) is 2.84. The maximum absolute atomic E-state index is 4.46. The first-order chi connectivity index (χ1) is 6.81. The lowest BCUT2D eigenvalue weighted by atomic mass is 10.2. The van der Waals surface area contributed by atoms with Crippen LogP contribution in [0.4, 0.5) is 5.13 Å². The van der Waals surface area contributed by atoms with Gasteiger partial charge in [-0.1, -0.05) is 41.7 Å². The predicted molar refractivity (Wildman–Crippen MR) is 64.8 cm³/mol. The Bertz CT molecular complexity index is 425. The Balaban J connectivity index is 2.46. The lowest BCUT2D eigenvalue weighted by molar-refractivity contribution is 1.36. The van der Waals surface area contributed by atoms with Gasteiger partial charge < -0.3 is 5.32 Å². The molecule has 14 heavy (non-hydrogen) atoms. The Labute approximate surface area is 95.1 Å². The third-order valence-electron chi connectivity index (χ3n) is 1.85. The third kappa shape index (κ3) is 1.81. The molecule has 0 amide bonds. The number of hydrogen-bond donors (Lipinski definition) is 1. The van der Waals surface area contributed by atoms with Crippen molar-refractivity contribution < 1.29 is 0 Å². The van der Waals surface area contributed by atoms with Crippen LogP contribution in [0.15, 0.2) is 34.1 Å². The first kappa shape index (κ1) is 9.68. The van der Waals surface area contributed by atoms with Gasteiger partial charge in [-0.05, 0) is 15.9 Å². The average Bonchev–Trinajstić information content (AvgIpc) is 2.61. The van der Waals surface area contributed by atoms with E-state index < -0.39 is 0 Å². The number of nitrogens with one attached hydrogen (secondary N) is 1. The van der Waals surface area contributed by atoms with E-state index in [9.17, 15) is 0 Å². The van der Waals surface area contributed by atoms with Gasteiger partial charge in [0.1, 0.15) is 0 Å². The van der Waals surface area contributed by atoms with E-state index in [1.54, 1.807) is 11.3 Å². The monoisotopic (exact) mass is 268 g/mol. The van der Waals surface area contributed by atoms with Gasteiger partial charge in [0.2, 0.25) is 0 Å². The molecule has 0 aliphatic carbocycles. The van der Waals surface area contributed by atoms with Crippen LogP contribution >= 0.6 is 27.3 Å². The second-order valence-electron chi connectivity index (χ2n) is 2.76. The Morgan fingerprint density at radius 3 is 2.57 bits per heavy atom. The topological polar surface area (TPSA) is 24.9 Å². The first-order valence-electron chi connectivity index (χ1n) is 4.21. The number of benzene rings is 1. The summed E-state index contributed by atoms with van der Waals surface area (Å²) in [6.07, 6.45) is 0. The highest BCUT2D eigenvalue weighted by molar-refractivity contribution is 9.11. The summed E-state index contributed by atoms with van der Waals surface area (Å²) in [4.78, 5) is 4.46. The SMILES string of the molecule is CNc1nc(-c2ccccc2)c(Br)s1. The fourth-order valence-electron chi connectivity index (χ4n) is 1.18. The van der Waals surface area contributed by atoms with Gasteiger partial charge in [0.15, 0.2) is 5.13 Å². The number of hydrogen-bond acceptors (Lipinski definition) is 3. The molecule has 0 unspecified atom stereocenters. The number of anilines is 1. The van der Waals surface area contributed by atoms with E-state index in [1.807, 2.05) is 25.2 Å². The molecule has 2 rings (SSSR count). The van der Waals surface area contributed by atoms with E-state index >= 15 is 0 Å². The van der Waals surface area contributed by atoms with E-state index in [-0.39, 0.29) is 0 Å². The van der Waals surface area contributed by atoms with Crippen molar-refractivity contribution in [3.63, 3.8) is 0 Å². The molecule has 0 spiro atoms. The summed E-state index contributed by atoms with van der Waals surface area (Å²) in [5.74, 6) is 0. The summed E-state index contributed by atoms with van der Waals surface area (Å²) in [6.45, 7) is 0. The Hall–Kier alpha value is -0.870. The van der Waals surface area contributed by atoms with Crippen LogP contribution < -0.4 is 5.32 Å². The molecule has 0 atom stereocenters. The van der Waals surface area contributed by atoms with Gasteiger partial charge in [-0.2, -0.15) is 0 Å². The zero-order valence-corrected chi connectivity index (χ0v) is 10.0. The van der Waals surface area contributed by atoms with Crippen molar-refractivity contribution in [1.82, 2.24) is 4.98 Å². The normalized spacial score (nSPS) is 10.1. The van der Waals surface area contributed by atoms with Gasteiger partial charge in [0.25, 0.3) is 0 Å². The van der Waals surface area contributed by atoms with Crippen molar-refractivity contribution >= 4 is 32.4 Å². The van der Waals surface area contributed by atoms with Crippen molar-refractivity contribution in [1.29, 1.82) is 0 Å². The van der Waals surface area contributed by atoms with Crippen LogP contribution in [-0.4, -0.2) is 12.0 Å². The molecule has 0 bridgehead atoms. The molecule has 0 aliphatic rings. The molecule has 0 saturated carbocycles. The van der Waals surface area contributed by atoms with E-state index in [0.717, 1.165) is 20.2 Å². The smallest absolute Gasteiger partial charge is 0.184 e. The quantitative estimate of drug-likeness (QED) is 0.900. The maximum Gasteiger partial charge on any atom is 0.184 e. The summed E-state index contributed by atoms with van der Waals surface area (Å²) in [7, 11) is 1.88. The van der Waals surface area contributed by atoms with E-state index in [4.69, 9.17) is 0 Å². The fourth-order valence-corrected chi connectivity index (χ4v) is 2.63. The van der Waals surface area contributed by atoms with Crippen LogP contribution in [0.5, 0.6) is 0 Å². The van der Waals surface area contributed by atoms with Crippen LogP contribution in [0.25, 0.3) is 11.3 Å². The summed E-state index contributed by atoms with van der Waals surface area (Å²) in [5.41, 5.74) is 2.14. The number of aromatic nitrogens is 1. The zero-order valence-electron chi connectivity index (χ0n) is 7.62. The van der Waals surface area contributed by atoms with Gasteiger partial charge in [0, 0.05) is 12.6 Å². The number of rotatable bonds is 2. The molecule has 0 saturated heterocycles. The van der Waals surface area contributed by atoms with Crippen molar-refractivity contribution in [2.45, 2.75) is 0 Å². The van der Waals surface area contributed by atoms with Crippen molar-refractivity contribution in [2.24, 2.45) is 0 Å². The predicted octanol–water partition coefficient (Wildman–Crippen LogP) is 3.61. The minimum atomic E-state index is 0.927. The lowest BCUT2D eigenvalue weighted by Gasteiger charge is -1.95. The molecule has 1 heterocycles. The van der Waals surface area contributed by atoms with Crippen molar-refractivity contribution in [3.05, 3.63) is 34.1 Å². The largest absolute Gasteiger partial charge is 0.365 e. The molecule has 2 aromatic rings. The van der Waals surface area contributed by atoms with Crippen LogP contribution in [0.3, 0.4) is 0 Å².